The van der Waals surface area contributed by atoms with E-state index in [1.165, 1.54) is 35.0 Å². The average Bonchev–Trinajstić information content (AvgIpc) is 3.17. The first kappa shape index (κ1) is 16.8. The minimum atomic E-state index is 0.265. The molecule has 1 aromatic rings. The molecule has 0 aromatic carbocycles. The van der Waals surface area contributed by atoms with E-state index in [4.69, 9.17) is 4.98 Å². The SMILES string of the molecule is CCCNCc1sc(N(C)C(C)C(C)(C)C)nc1C1CC1. The lowest BCUT2D eigenvalue weighted by molar-refractivity contribution is 0.329. The van der Waals surface area contributed by atoms with Gasteiger partial charge in [-0.2, -0.15) is 0 Å². The maximum atomic E-state index is 4.99. The second-order valence-electron chi connectivity index (χ2n) is 7.41. The Morgan fingerprint density at radius 3 is 2.57 bits per heavy atom. The summed E-state index contributed by atoms with van der Waals surface area (Å²) in [5, 5.41) is 4.73. The highest BCUT2D eigenvalue weighted by Gasteiger charge is 2.32. The molecule has 1 aromatic heterocycles. The van der Waals surface area contributed by atoms with Crippen LogP contribution in [-0.4, -0.2) is 24.6 Å². The van der Waals surface area contributed by atoms with E-state index >= 15 is 0 Å². The summed E-state index contributed by atoms with van der Waals surface area (Å²) in [6, 6.07) is 0.479. The van der Waals surface area contributed by atoms with Gasteiger partial charge in [-0.3, -0.25) is 0 Å². The first-order valence-electron chi connectivity index (χ1n) is 8.27. The largest absolute Gasteiger partial charge is 0.348 e. The van der Waals surface area contributed by atoms with Gasteiger partial charge < -0.3 is 10.2 Å². The number of nitrogens with one attached hydrogen (secondary N) is 1. The molecule has 1 unspecified atom stereocenters. The molecular weight excluding hydrogens is 278 g/mol. The third kappa shape index (κ3) is 4.19. The monoisotopic (exact) mass is 309 g/mol. The van der Waals surface area contributed by atoms with Gasteiger partial charge in [0.25, 0.3) is 0 Å². The highest BCUT2D eigenvalue weighted by Crippen LogP contribution is 2.44. The van der Waals surface area contributed by atoms with Gasteiger partial charge in [-0.25, -0.2) is 4.98 Å². The summed E-state index contributed by atoms with van der Waals surface area (Å²) in [6.45, 7) is 13.5. The number of anilines is 1. The number of rotatable bonds is 7. The van der Waals surface area contributed by atoms with Gasteiger partial charge in [0.05, 0.1) is 5.69 Å². The molecule has 1 atom stereocenters. The summed E-state index contributed by atoms with van der Waals surface area (Å²) in [5.41, 5.74) is 1.63. The van der Waals surface area contributed by atoms with Gasteiger partial charge in [-0.1, -0.05) is 27.7 Å². The van der Waals surface area contributed by atoms with Crippen molar-refractivity contribution in [2.75, 3.05) is 18.5 Å². The summed E-state index contributed by atoms with van der Waals surface area (Å²) in [6.07, 6.45) is 3.83. The molecule has 1 aliphatic carbocycles. The number of aromatic nitrogens is 1. The van der Waals surface area contributed by atoms with Crippen molar-refractivity contribution < 1.29 is 0 Å². The third-order valence-electron chi connectivity index (χ3n) is 4.53. The predicted molar refractivity (Wildman–Crippen MR) is 93.4 cm³/mol. The molecule has 120 valence electrons. The minimum absolute atomic E-state index is 0.265. The van der Waals surface area contributed by atoms with Crippen LogP contribution in [0.15, 0.2) is 0 Å². The molecule has 4 heteroatoms. The molecule has 0 bridgehead atoms. The highest BCUT2D eigenvalue weighted by molar-refractivity contribution is 7.15. The van der Waals surface area contributed by atoms with Gasteiger partial charge in [-0.15, -0.1) is 11.3 Å². The van der Waals surface area contributed by atoms with Crippen LogP contribution in [0.5, 0.6) is 0 Å². The molecule has 0 radical (unpaired) electrons. The Balaban J connectivity index is 2.14. The fraction of sp³-hybridized carbons (Fsp3) is 0.824. The van der Waals surface area contributed by atoms with Crippen LogP contribution in [-0.2, 0) is 6.54 Å². The van der Waals surface area contributed by atoms with Crippen molar-refractivity contribution in [2.24, 2.45) is 5.41 Å². The van der Waals surface area contributed by atoms with Crippen molar-refractivity contribution in [1.82, 2.24) is 10.3 Å². The van der Waals surface area contributed by atoms with Crippen LogP contribution in [0.1, 0.15) is 70.4 Å². The van der Waals surface area contributed by atoms with E-state index in [2.05, 4.69) is 51.9 Å². The predicted octanol–water partition coefficient (Wildman–Crippen LogP) is 4.39. The summed E-state index contributed by atoms with van der Waals surface area (Å²) in [4.78, 5) is 8.80. The van der Waals surface area contributed by atoms with Crippen molar-refractivity contribution >= 4 is 16.5 Å². The van der Waals surface area contributed by atoms with Crippen LogP contribution < -0.4 is 10.2 Å². The average molecular weight is 310 g/mol. The van der Waals surface area contributed by atoms with E-state index < -0.39 is 0 Å². The van der Waals surface area contributed by atoms with Crippen LogP contribution in [0.2, 0.25) is 0 Å². The summed E-state index contributed by atoms with van der Waals surface area (Å²) in [7, 11) is 2.19. The molecule has 0 aliphatic heterocycles. The molecule has 0 saturated heterocycles. The van der Waals surface area contributed by atoms with E-state index in [-0.39, 0.29) is 5.41 Å². The Labute approximate surface area is 134 Å². The summed E-state index contributed by atoms with van der Waals surface area (Å²) >= 11 is 1.88. The number of hydrogen-bond donors (Lipinski definition) is 1. The standard InChI is InChI=1S/C17H31N3S/c1-7-10-18-11-14-15(13-8-9-13)19-16(21-14)20(6)12(2)17(3,4)5/h12-13,18H,7-11H2,1-6H3. The molecule has 0 amide bonds. The summed E-state index contributed by atoms with van der Waals surface area (Å²) < 4.78 is 0. The zero-order chi connectivity index (χ0) is 15.6. The maximum absolute atomic E-state index is 4.99. The first-order chi connectivity index (χ1) is 9.84. The molecule has 21 heavy (non-hydrogen) atoms. The third-order valence-corrected chi connectivity index (χ3v) is 5.69. The lowest BCUT2D eigenvalue weighted by Gasteiger charge is -2.35. The molecule has 1 N–H and O–H groups in total. The molecule has 1 saturated carbocycles. The summed E-state index contributed by atoms with van der Waals surface area (Å²) in [5.74, 6) is 0.728. The van der Waals surface area contributed by atoms with Crippen molar-refractivity contribution in [1.29, 1.82) is 0 Å². The van der Waals surface area contributed by atoms with Crippen LogP contribution in [0.4, 0.5) is 5.13 Å². The topological polar surface area (TPSA) is 28.2 Å². The first-order valence-corrected chi connectivity index (χ1v) is 9.09. The number of thiazole rings is 1. The zero-order valence-electron chi connectivity index (χ0n) is 14.5. The molecule has 1 fully saturated rings. The molecule has 3 nitrogen and oxygen atoms in total. The van der Waals surface area contributed by atoms with Crippen LogP contribution >= 0.6 is 11.3 Å². The van der Waals surface area contributed by atoms with Crippen LogP contribution in [0.3, 0.4) is 0 Å². The Morgan fingerprint density at radius 2 is 2.05 bits per heavy atom. The van der Waals surface area contributed by atoms with E-state index in [1.807, 2.05) is 11.3 Å². The second-order valence-corrected chi connectivity index (χ2v) is 8.47. The lowest BCUT2D eigenvalue weighted by atomic mass is 9.87. The maximum Gasteiger partial charge on any atom is 0.185 e. The van der Waals surface area contributed by atoms with E-state index in [9.17, 15) is 0 Å². The quantitative estimate of drug-likeness (QED) is 0.757. The zero-order valence-corrected chi connectivity index (χ0v) is 15.3. The van der Waals surface area contributed by atoms with E-state index in [0.29, 0.717) is 6.04 Å². The highest BCUT2D eigenvalue weighted by atomic mass is 32.1. The van der Waals surface area contributed by atoms with E-state index in [0.717, 1.165) is 19.0 Å². The number of hydrogen-bond acceptors (Lipinski definition) is 4. The van der Waals surface area contributed by atoms with Gasteiger partial charge in [0.15, 0.2) is 5.13 Å². The molecule has 1 aliphatic rings. The molecular formula is C17H31N3S. The molecule has 2 rings (SSSR count). The Bertz CT molecular complexity index is 457. The van der Waals surface area contributed by atoms with Gasteiger partial charge in [0, 0.05) is 30.4 Å². The lowest BCUT2D eigenvalue weighted by Crippen LogP contribution is -2.39. The Kier molecular flexibility index (Phi) is 5.31. The van der Waals surface area contributed by atoms with Gasteiger partial charge in [0.1, 0.15) is 0 Å². The van der Waals surface area contributed by atoms with Gasteiger partial charge in [-0.05, 0) is 38.1 Å². The normalized spacial score (nSPS) is 17.0. The second kappa shape index (κ2) is 6.66. The fourth-order valence-electron chi connectivity index (χ4n) is 2.43. The van der Waals surface area contributed by atoms with Crippen molar-refractivity contribution in [3.63, 3.8) is 0 Å². The Hall–Kier alpha value is -0.610. The Morgan fingerprint density at radius 1 is 1.38 bits per heavy atom. The minimum Gasteiger partial charge on any atom is -0.348 e. The van der Waals surface area contributed by atoms with Crippen molar-refractivity contribution in [2.45, 2.75) is 72.4 Å². The van der Waals surface area contributed by atoms with Gasteiger partial charge >= 0.3 is 0 Å². The van der Waals surface area contributed by atoms with Gasteiger partial charge in [0.2, 0.25) is 0 Å². The van der Waals surface area contributed by atoms with E-state index in [1.54, 1.807) is 0 Å². The molecule has 1 heterocycles. The number of nitrogens with zero attached hydrogens (tertiary/aromatic N) is 2. The smallest absolute Gasteiger partial charge is 0.185 e. The fourth-order valence-corrected chi connectivity index (χ4v) is 3.59. The van der Waals surface area contributed by atoms with Crippen molar-refractivity contribution in [3.05, 3.63) is 10.6 Å². The van der Waals surface area contributed by atoms with Crippen LogP contribution in [0.25, 0.3) is 0 Å². The van der Waals surface area contributed by atoms with Crippen molar-refractivity contribution in [3.8, 4) is 0 Å². The van der Waals surface area contributed by atoms with Crippen LogP contribution in [0, 0.1) is 5.41 Å². The molecule has 0 spiro atoms.